The third-order valence-electron chi connectivity index (χ3n) is 6.88. The number of carbonyl (C=O) groups is 2. The first kappa shape index (κ1) is 27.3. The molecule has 1 atom stereocenters. The fraction of sp³-hybridized carbons (Fsp3) is 0.226. The lowest BCUT2D eigenvalue weighted by molar-refractivity contribution is -0.146. The number of halogens is 2. The lowest BCUT2D eigenvalue weighted by atomic mass is 9.89. The first-order valence-corrected chi connectivity index (χ1v) is 14.3. The largest absolute Gasteiger partial charge is 0.465 e. The molecule has 0 aliphatic heterocycles. The van der Waals surface area contributed by atoms with Crippen molar-refractivity contribution in [2.75, 3.05) is 11.9 Å². The number of rotatable bonds is 8. The summed E-state index contributed by atoms with van der Waals surface area (Å²) in [6.45, 7) is 3.95. The summed E-state index contributed by atoms with van der Waals surface area (Å²) in [6, 6.07) is 24.9. The van der Waals surface area contributed by atoms with E-state index < -0.39 is 17.6 Å². The van der Waals surface area contributed by atoms with E-state index >= 15 is 0 Å². The van der Waals surface area contributed by atoms with Crippen LogP contribution in [-0.4, -0.2) is 18.7 Å². The zero-order chi connectivity index (χ0) is 27.6. The number of amides is 1. The maximum absolute atomic E-state index is 12.9. The molecule has 1 N–H and O–H groups in total. The average molecular weight is 581 g/mol. The molecule has 1 aromatic heterocycles. The Labute approximate surface area is 241 Å². The lowest BCUT2D eigenvalue weighted by Crippen LogP contribution is -2.23. The molecule has 200 valence electrons. The van der Waals surface area contributed by atoms with Gasteiger partial charge in [0.1, 0.15) is 6.10 Å². The highest BCUT2D eigenvalue weighted by Crippen LogP contribution is 2.52. The zero-order valence-electron chi connectivity index (χ0n) is 21.5. The molecule has 0 saturated heterocycles. The molecule has 1 unspecified atom stereocenters. The van der Waals surface area contributed by atoms with E-state index in [2.05, 4.69) is 5.32 Å². The van der Waals surface area contributed by atoms with Gasteiger partial charge in [-0.1, -0.05) is 77.8 Å². The number of carbonyl (C=O) groups excluding carboxylic acids is 2. The highest BCUT2D eigenvalue weighted by atomic mass is 35.5. The number of hydrogen-bond acceptors (Lipinski definition) is 5. The van der Waals surface area contributed by atoms with Gasteiger partial charge in [-0.3, -0.25) is 10.1 Å². The van der Waals surface area contributed by atoms with Crippen LogP contribution in [0.3, 0.4) is 0 Å². The molecule has 1 aliphatic carbocycles. The quantitative estimate of drug-likeness (QED) is 0.211. The Morgan fingerprint density at radius 3 is 2.36 bits per heavy atom. The number of ether oxygens (including phenoxy) is 2. The Hall–Kier alpha value is -3.32. The van der Waals surface area contributed by atoms with E-state index in [9.17, 15) is 9.59 Å². The summed E-state index contributed by atoms with van der Waals surface area (Å²) in [4.78, 5) is 26.6. The number of nitrogens with one attached hydrogen (secondary N) is 1. The van der Waals surface area contributed by atoms with Gasteiger partial charge in [0.25, 0.3) is 0 Å². The van der Waals surface area contributed by atoms with E-state index in [4.69, 9.17) is 32.7 Å². The molecule has 1 saturated carbocycles. The van der Waals surface area contributed by atoms with Crippen LogP contribution in [-0.2, 0) is 19.7 Å². The van der Waals surface area contributed by atoms with Gasteiger partial charge in [-0.2, -0.15) is 0 Å². The van der Waals surface area contributed by atoms with Crippen molar-refractivity contribution < 1.29 is 19.1 Å². The molecular weight excluding hydrogens is 553 g/mol. The average Bonchev–Trinajstić information content (AvgIpc) is 3.67. The maximum Gasteiger partial charge on any atom is 0.412 e. The topological polar surface area (TPSA) is 64.6 Å². The Balaban J connectivity index is 1.50. The maximum atomic E-state index is 12.9. The summed E-state index contributed by atoms with van der Waals surface area (Å²) < 4.78 is 11.6. The van der Waals surface area contributed by atoms with Crippen LogP contribution >= 0.6 is 34.5 Å². The molecule has 1 fully saturated rings. The predicted octanol–water partition coefficient (Wildman–Crippen LogP) is 9.29. The molecule has 1 aliphatic rings. The number of thiophene rings is 1. The minimum atomic E-state index is -0.637. The highest BCUT2D eigenvalue weighted by molar-refractivity contribution is 7.20. The van der Waals surface area contributed by atoms with Crippen LogP contribution in [0.1, 0.15) is 43.9 Å². The minimum Gasteiger partial charge on any atom is -0.465 e. The first-order valence-electron chi connectivity index (χ1n) is 12.7. The summed E-state index contributed by atoms with van der Waals surface area (Å²) in [7, 11) is 0. The fourth-order valence-electron chi connectivity index (χ4n) is 4.66. The van der Waals surface area contributed by atoms with Crippen molar-refractivity contribution in [3.8, 4) is 21.6 Å². The van der Waals surface area contributed by atoms with E-state index in [1.807, 2.05) is 67.6 Å². The smallest absolute Gasteiger partial charge is 0.412 e. The molecular formula is C31H27Cl2NO4S. The van der Waals surface area contributed by atoms with Gasteiger partial charge >= 0.3 is 12.1 Å². The van der Waals surface area contributed by atoms with Crippen LogP contribution in [0.25, 0.3) is 21.6 Å². The second kappa shape index (κ2) is 11.4. The molecule has 5 rings (SSSR count). The normalized spacial score (nSPS) is 14.4. The van der Waals surface area contributed by atoms with Crippen LogP contribution in [0.5, 0.6) is 0 Å². The number of benzene rings is 3. The van der Waals surface area contributed by atoms with E-state index in [-0.39, 0.29) is 5.97 Å². The summed E-state index contributed by atoms with van der Waals surface area (Å²) in [5, 5.41) is 3.50. The van der Waals surface area contributed by atoms with Gasteiger partial charge in [0, 0.05) is 10.6 Å². The van der Waals surface area contributed by atoms with E-state index in [1.54, 1.807) is 25.1 Å². The van der Waals surface area contributed by atoms with Crippen molar-refractivity contribution in [3.63, 3.8) is 0 Å². The van der Waals surface area contributed by atoms with Gasteiger partial charge in [-0.05, 0) is 73.2 Å². The number of hydrogen-bond donors (Lipinski definition) is 1. The molecule has 39 heavy (non-hydrogen) atoms. The molecule has 4 aromatic rings. The van der Waals surface area contributed by atoms with Gasteiger partial charge in [0.2, 0.25) is 0 Å². The molecule has 0 spiro atoms. The first-order chi connectivity index (χ1) is 18.8. The van der Waals surface area contributed by atoms with Crippen LogP contribution in [0, 0.1) is 0 Å². The summed E-state index contributed by atoms with van der Waals surface area (Å²) >= 11 is 13.8. The van der Waals surface area contributed by atoms with Crippen molar-refractivity contribution in [1.29, 1.82) is 0 Å². The zero-order valence-corrected chi connectivity index (χ0v) is 23.8. The van der Waals surface area contributed by atoms with Gasteiger partial charge in [0.15, 0.2) is 0 Å². The molecule has 8 heteroatoms. The van der Waals surface area contributed by atoms with Crippen LogP contribution in [0.2, 0.25) is 9.36 Å². The Morgan fingerprint density at radius 2 is 1.69 bits per heavy atom. The van der Waals surface area contributed by atoms with Gasteiger partial charge in [0.05, 0.1) is 26.9 Å². The Bertz CT molecular complexity index is 1500. The Kier molecular flexibility index (Phi) is 7.98. The van der Waals surface area contributed by atoms with Crippen molar-refractivity contribution in [3.05, 3.63) is 99.3 Å². The predicted molar refractivity (Wildman–Crippen MR) is 158 cm³/mol. The van der Waals surface area contributed by atoms with Crippen LogP contribution in [0.4, 0.5) is 10.5 Å². The summed E-state index contributed by atoms with van der Waals surface area (Å²) in [6.07, 6.45) is 0.389. The van der Waals surface area contributed by atoms with Crippen molar-refractivity contribution in [2.24, 2.45) is 0 Å². The molecule has 0 bridgehead atoms. The molecule has 1 amide bonds. The van der Waals surface area contributed by atoms with Gasteiger partial charge < -0.3 is 9.47 Å². The third-order valence-corrected chi connectivity index (χ3v) is 8.43. The molecule has 3 aromatic carbocycles. The second-order valence-electron chi connectivity index (χ2n) is 9.45. The summed E-state index contributed by atoms with van der Waals surface area (Å²) in [5.41, 5.74) is 4.45. The van der Waals surface area contributed by atoms with Crippen molar-refractivity contribution in [2.45, 2.75) is 38.2 Å². The van der Waals surface area contributed by atoms with Gasteiger partial charge in [-0.25, -0.2) is 4.79 Å². The van der Waals surface area contributed by atoms with Crippen molar-refractivity contribution >= 4 is 52.3 Å². The van der Waals surface area contributed by atoms with Crippen LogP contribution < -0.4 is 5.32 Å². The monoisotopic (exact) mass is 579 g/mol. The van der Waals surface area contributed by atoms with E-state index in [1.165, 1.54) is 11.3 Å². The Morgan fingerprint density at radius 1 is 0.974 bits per heavy atom. The lowest BCUT2D eigenvalue weighted by Gasteiger charge is -2.19. The standard InChI is InChI=1S/C31H27Cl2NO4S/c1-3-37-29(35)31(15-16-31)22-11-14-24(21-7-5-4-6-8-21)25(17-22)28-26(18-27(33)39-28)34-30(36)38-19(2)20-9-12-23(32)13-10-20/h4-14,17-19H,3,15-16H2,1-2H3,(H,34,36). The van der Waals surface area contributed by atoms with Crippen molar-refractivity contribution in [1.82, 2.24) is 0 Å². The fourth-order valence-corrected chi connectivity index (χ4v) is 6.00. The van der Waals surface area contributed by atoms with E-state index in [0.29, 0.717) is 21.7 Å². The summed E-state index contributed by atoms with van der Waals surface area (Å²) in [5.74, 6) is -0.203. The second-order valence-corrected chi connectivity index (χ2v) is 11.6. The molecule has 0 radical (unpaired) electrons. The third kappa shape index (κ3) is 5.83. The van der Waals surface area contributed by atoms with E-state index in [0.717, 1.165) is 45.5 Å². The molecule has 1 heterocycles. The number of anilines is 1. The highest BCUT2D eigenvalue weighted by Gasteiger charge is 2.53. The van der Waals surface area contributed by atoms with Crippen LogP contribution in [0.15, 0.2) is 78.9 Å². The molecule has 5 nitrogen and oxygen atoms in total. The minimum absolute atomic E-state index is 0.203. The van der Waals surface area contributed by atoms with Gasteiger partial charge in [-0.15, -0.1) is 11.3 Å². The SMILES string of the molecule is CCOC(=O)C1(c2ccc(-c3ccccc3)c(-c3sc(Cl)cc3NC(=O)OC(C)c3ccc(Cl)cc3)c2)CC1. The number of esters is 1.